The van der Waals surface area contributed by atoms with E-state index in [9.17, 15) is 9.59 Å². The van der Waals surface area contributed by atoms with Crippen LogP contribution in [0.3, 0.4) is 0 Å². The largest absolute Gasteiger partial charge is 0.497 e. The average molecular weight is 457 g/mol. The van der Waals surface area contributed by atoms with E-state index in [0.717, 1.165) is 16.7 Å². The van der Waals surface area contributed by atoms with Gasteiger partial charge in [-0.05, 0) is 66.8 Å². The van der Waals surface area contributed by atoms with E-state index < -0.39 is 0 Å². The standard InChI is InChI=1S/C29H28O5/c1-17(2)20-6-8-21(9-7-20)25(30)16-33-29-26(31)24-15-18(3)14-19(4)27(24)34-28(29)22-10-12-23(32-5)13-11-22/h6-15,17H,16H2,1-5H3. The first-order chi connectivity index (χ1) is 16.3. The van der Waals surface area contributed by atoms with Gasteiger partial charge in [-0.15, -0.1) is 0 Å². The van der Waals surface area contributed by atoms with Crippen LogP contribution >= 0.6 is 0 Å². The Hall–Kier alpha value is -3.86. The normalized spacial score (nSPS) is 11.1. The maximum atomic E-state index is 13.5. The summed E-state index contributed by atoms with van der Waals surface area (Å²) in [6.45, 7) is 7.76. The van der Waals surface area contributed by atoms with Crippen molar-refractivity contribution < 1.29 is 18.7 Å². The van der Waals surface area contributed by atoms with E-state index in [1.54, 1.807) is 49.6 Å². The van der Waals surface area contributed by atoms with Crippen molar-refractivity contribution in [2.24, 2.45) is 0 Å². The van der Waals surface area contributed by atoms with Crippen molar-refractivity contribution >= 4 is 16.8 Å². The lowest BCUT2D eigenvalue weighted by Gasteiger charge is -2.13. The molecule has 5 heteroatoms. The lowest BCUT2D eigenvalue weighted by atomic mass is 10.0. The monoisotopic (exact) mass is 456 g/mol. The molecular weight excluding hydrogens is 428 g/mol. The minimum atomic E-state index is -0.304. The Morgan fingerprint density at radius 1 is 0.971 bits per heavy atom. The fraction of sp³-hybridized carbons (Fsp3) is 0.241. The summed E-state index contributed by atoms with van der Waals surface area (Å²) in [5.74, 6) is 1.16. The van der Waals surface area contributed by atoms with Gasteiger partial charge in [0.2, 0.25) is 11.2 Å². The first kappa shape index (κ1) is 23.3. The van der Waals surface area contributed by atoms with E-state index in [4.69, 9.17) is 13.9 Å². The lowest BCUT2D eigenvalue weighted by Crippen LogP contribution is -2.17. The number of ketones is 1. The van der Waals surface area contributed by atoms with E-state index in [0.29, 0.717) is 33.8 Å². The summed E-state index contributed by atoms with van der Waals surface area (Å²) < 4.78 is 17.3. The van der Waals surface area contributed by atoms with Gasteiger partial charge in [0.25, 0.3) is 0 Å². The molecule has 0 aliphatic rings. The number of Topliss-reactive ketones (excluding diaryl/α,β-unsaturated/α-hetero) is 1. The molecule has 4 rings (SSSR count). The predicted octanol–water partition coefficient (Wildman–Crippen LogP) is 6.47. The number of carbonyl (C=O) groups is 1. The van der Waals surface area contributed by atoms with E-state index >= 15 is 0 Å². The fourth-order valence-corrected chi connectivity index (χ4v) is 3.97. The molecule has 0 radical (unpaired) electrons. The third-order valence-electron chi connectivity index (χ3n) is 5.88. The molecule has 0 amide bonds. The Bertz CT molecular complexity index is 1390. The van der Waals surface area contributed by atoms with Gasteiger partial charge < -0.3 is 13.9 Å². The minimum absolute atomic E-state index is 0.0230. The Kier molecular flexibility index (Phi) is 6.55. The maximum Gasteiger partial charge on any atom is 0.235 e. The molecule has 0 spiro atoms. The fourth-order valence-electron chi connectivity index (χ4n) is 3.97. The van der Waals surface area contributed by atoms with Crippen molar-refractivity contribution in [1.29, 1.82) is 0 Å². The number of aryl methyl sites for hydroxylation is 2. The van der Waals surface area contributed by atoms with Crippen molar-refractivity contribution in [1.82, 2.24) is 0 Å². The number of methoxy groups -OCH3 is 1. The van der Waals surface area contributed by atoms with Crippen LogP contribution in [0.25, 0.3) is 22.3 Å². The smallest absolute Gasteiger partial charge is 0.235 e. The van der Waals surface area contributed by atoms with Gasteiger partial charge in [0.15, 0.2) is 18.2 Å². The van der Waals surface area contributed by atoms with Crippen molar-refractivity contribution in [2.45, 2.75) is 33.6 Å². The van der Waals surface area contributed by atoms with Crippen LogP contribution in [0.2, 0.25) is 0 Å². The van der Waals surface area contributed by atoms with Gasteiger partial charge >= 0.3 is 0 Å². The Balaban J connectivity index is 1.75. The highest BCUT2D eigenvalue weighted by Crippen LogP contribution is 2.33. The number of rotatable bonds is 7. The zero-order valence-corrected chi connectivity index (χ0v) is 20.1. The first-order valence-corrected chi connectivity index (χ1v) is 11.3. The molecule has 0 aliphatic heterocycles. The zero-order chi connectivity index (χ0) is 24.4. The number of ether oxygens (including phenoxy) is 2. The molecule has 0 saturated carbocycles. The molecular formula is C29H28O5. The number of fused-ring (bicyclic) bond motifs is 1. The highest BCUT2D eigenvalue weighted by molar-refractivity contribution is 5.97. The van der Waals surface area contributed by atoms with Crippen molar-refractivity contribution in [3.8, 4) is 22.8 Å². The highest BCUT2D eigenvalue weighted by Gasteiger charge is 2.20. The van der Waals surface area contributed by atoms with Crippen LogP contribution in [0.15, 0.2) is 69.9 Å². The second-order valence-electron chi connectivity index (χ2n) is 8.77. The summed E-state index contributed by atoms with van der Waals surface area (Å²) in [6.07, 6.45) is 0. The van der Waals surface area contributed by atoms with Gasteiger partial charge in [-0.2, -0.15) is 0 Å². The number of carbonyl (C=O) groups excluding carboxylic acids is 1. The van der Waals surface area contributed by atoms with Crippen LogP contribution < -0.4 is 14.9 Å². The molecule has 1 heterocycles. The van der Waals surface area contributed by atoms with E-state index in [1.807, 2.05) is 32.0 Å². The summed E-state index contributed by atoms with van der Waals surface area (Å²) in [7, 11) is 1.59. The minimum Gasteiger partial charge on any atom is -0.497 e. The molecule has 0 unspecified atom stereocenters. The zero-order valence-electron chi connectivity index (χ0n) is 20.1. The summed E-state index contributed by atoms with van der Waals surface area (Å²) in [5.41, 5.74) is 4.35. The molecule has 0 aliphatic carbocycles. The molecule has 1 aromatic heterocycles. The maximum absolute atomic E-state index is 13.5. The molecule has 5 nitrogen and oxygen atoms in total. The summed E-state index contributed by atoms with van der Waals surface area (Å²) in [4.78, 5) is 26.3. The third-order valence-corrected chi connectivity index (χ3v) is 5.88. The molecule has 0 atom stereocenters. The van der Waals surface area contributed by atoms with Gasteiger partial charge in [-0.25, -0.2) is 0 Å². The molecule has 0 saturated heterocycles. The second kappa shape index (κ2) is 9.56. The molecule has 34 heavy (non-hydrogen) atoms. The van der Waals surface area contributed by atoms with Gasteiger partial charge in [-0.3, -0.25) is 9.59 Å². The lowest BCUT2D eigenvalue weighted by molar-refractivity contribution is 0.0920. The summed E-state index contributed by atoms with van der Waals surface area (Å²) in [5, 5.41) is 0.429. The molecule has 3 aromatic carbocycles. The third kappa shape index (κ3) is 4.60. The van der Waals surface area contributed by atoms with Gasteiger partial charge in [0, 0.05) is 11.1 Å². The van der Waals surface area contributed by atoms with E-state index in [-0.39, 0.29) is 29.3 Å². The van der Waals surface area contributed by atoms with Crippen LogP contribution in [0.5, 0.6) is 11.5 Å². The first-order valence-electron chi connectivity index (χ1n) is 11.3. The molecule has 174 valence electrons. The topological polar surface area (TPSA) is 65.7 Å². The van der Waals surface area contributed by atoms with Crippen LogP contribution in [-0.4, -0.2) is 19.5 Å². The quantitative estimate of drug-likeness (QED) is 0.298. The van der Waals surface area contributed by atoms with Gasteiger partial charge in [0.05, 0.1) is 12.5 Å². The summed E-state index contributed by atoms with van der Waals surface area (Å²) in [6, 6.07) is 18.4. The number of benzene rings is 3. The van der Waals surface area contributed by atoms with Crippen molar-refractivity contribution in [3.63, 3.8) is 0 Å². The van der Waals surface area contributed by atoms with Crippen LogP contribution in [-0.2, 0) is 0 Å². The van der Waals surface area contributed by atoms with Crippen molar-refractivity contribution in [3.05, 3.63) is 93.1 Å². The van der Waals surface area contributed by atoms with Crippen LogP contribution in [0.4, 0.5) is 0 Å². The van der Waals surface area contributed by atoms with Crippen molar-refractivity contribution in [2.75, 3.05) is 13.7 Å². The van der Waals surface area contributed by atoms with Gasteiger partial charge in [-0.1, -0.05) is 44.2 Å². The van der Waals surface area contributed by atoms with Crippen LogP contribution in [0, 0.1) is 13.8 Å². The average Bonchev–Trinajstić information content (AvgIpc) is 2.83. The molecule has 0 fully saturated rings. The van der Waals surface area contributed by atoms with Crippen LogP contribution in [0.1, 0.15) is 46.8 Å². The van der Waals surface area contributed by atoms with E-state index in [2.05, 4.69) is 13.8 Å². The summed E-state index contributed by atoms with van der Waals surface area (Å²) >= 11 is 0. The van der Waals surface area contributed by atoms with E-state index in [1.165, 1.54) is 0 Å². The molecule has 0 N–H and O–H groups in total. The number of hydrogen-bond acceptors (Lipinski definition) is 5. The molecule has 4 aromatic rings. The van der Waals surface area contributed by atoms with Gasteiger partial charge in [0.1, 0.15) is 11.3 Å². The predicted molar refractivity (Wildman–Crippen MR) is 134 cm³/mol. The number of hydrogen-bond donors (Lipinski definition) is 0. The highest BCUT2D eigenvalue weighted by atomic mass is 16.5. The molecule has 0 bridgehead atoms. The Labute approximate surface area is 199 Å². The Morgan fingerprint density at radius 2 is 1.65 bits per heavy atom. The second-order valence-corrected chi connectivity index (χ2v) is 8.77. The Morgan fingerprint density at radius 3 is 2.26 bits per heavy atom. The SMILES string of the molecule is COc1ccc(-c2oc3c(C)cc(C)cc3c(=O)c2OCC(=O)c2ccc(C(C)C)cc2)cc1.